The summed E-state index contributed by atoms with van der Waals surface area (Å²) in [5.41, 5.74) is 1.06. The van der Waals surface area contributed by atoms with Crippen molar-refractivity contribution < 1.29 is 9.59 Å². The summed E-state index contributed by atoms with van der Waals surface area (Å²) in [5, 5.41) is 4.87. The maximum atomic E-state index is 13.3. The maximum Gasteiger partial charge on any atom is 0.262 e. The Labute approximate surface area is 170 Å². The number of carbonyl (C=O) groups excluding carboxylic acids is 2. The van der Waals surface area contributed by atoms with Gasteiger partial charge < -0.3 is 10.2 Å². The molecule has 6 heteroatoms. The number of hydrogen-bond donors (Lipinski definition) is 1. The molecule has 2 aromatic rings. The van der Waals surface area contributed by atoms with E-state index in [1.165, 1.54) is 24.2 Å². The number of nitrogens with one attached hydrogen (secondary N) is 1. The molecule has 148 valence electrons. The smallest absolute Gasteiger partial charge is 0.262 e. The third kappa shape index (κ3) is 4.45. The third-order valence-corrected chi connectivity index (χ3v) is 6.63. The Bertz CT molecular complexity index is 787. The van der Waals surface area contributed by atoms with Gasteiger partial charge in [0, 0.05) is 25.6 Å². The van der Waals surface area contributed by atoms with Crippen LogP contribution >= 0.6 is 11.3 Å². The Morgan fingerprint density at radius 2 is 1.86 bits per heavy atom. The Kier molecular flexibility index (Phi) is 6.07. The lowest BCUT2D eigenvalue weighted by Crippen LogP contribution is -2.49. The van der Waals surface area contributed by atoms with Gasteiger partial charge in [-0.3, -0.25) is 14.5 Å². The quantitative estimate of drug-likeness (QED) is 0.816. The first-order valence-corrected chi connectivity index (χ1v) is 11.0. The molecule has 0 radical (unpaired) electrons. The van der Waals surface area contributed by atoms with Gasteiger partial charge in [-0.2, -0.15) is 0 Å². The summed E-state index contributed by atoms with van der Waals surface area (Å²) >= 11 is 1.40. The predicted molar refractivity (Wildman–Crippen MR) is 112 cm³/mol. The monoisotopic (exact) mass is 397 g/mol. The fourth-order valence-corrected chi connectivity index (χ4v) is 4.88. The van der Waals surface area contributed by atoms with Crippen molar-refractivity contribution in [2.45, 2.75) is 37.8 Å². The SMILES string of the molecule is O=C(NC(Cc1ccccc1)C(=O)N1CCC(N2CCCC2)C1)c1cccs1. The van der Waals surface area contributed by atoms with E-state index in [-0.39, 0.29) is 11.8 Å². The minimum absolute atomic E-state index is 0.0375. The molecule has 0 bridgehead atoms. The van der Waals surface area contributed by atoms with E-state index < -0.39 is 6.04 Å². The van der Waals surface area contributed by atoms with E-state index >= 15 is 0 Å². The van der Waals surface area contributed by atoms with Crippen molar-refractivity contribution in [2.75, 3.05) is 26.2 Å². The van der Waals surface area contributed by atoms with Crippen LogP contribution in [0.1, 0.15) is 34.5 Å². The number of thiophene rings is 1. The second-order valence-electron chi connectivity index (χ2n) is 7.66. The minimum Gasteiger partial charge on any atom is -0.339 e. The highest BCUT2D eigenvalue weighted by molar-refractivity contribution is 7.12. The van der Waals surface area contributed by atoms with E-state index in [2.05, 4.69) is 10.2 Å². The molecule has 3 heterocycles. The summed E-state index contributed by atoms with van der Waals surface area (Å²) in [7, 11) is 0. The van der Waals surface area contributed by atoms with Crippen molar-refractivity contribution in [3.05, 3.63) is 58.3 Å². The average molecular weight is 398 g/mol. The molecule has 2 aliphatic heterocycles. The molecule has 0 spiro atoms. The van der Waals surface area contributed by atoms with Crippen molar-refractivity contribution in [2.24, 2.45) is 0 Å². The number of carbonyl (C=O) groups is 2. The van der Waals surface area contributed by atoms with Crippen LogP contribution in [-0.4, -0.2) is 59.9 Å². The van der Waals surface area contributed by atoms with Gasteiger partial charge in [-0.15, -0.1) is 11.3 Å². The van der Waals surface area contributed by atoms with Crippen LogP contribution in [0.3, 0.4) is 0 Å². The van der Waals surface area contributed by atoms with Crippen LogP contribution in [0.5, 0.6) is 0 Å². The van der Waals surface area contributed by atoms with E-state index in [9.17, 15) is 9.59 Å². The van der Waals surface area contributed by atoms with Gasteiger partial charge in [-0.05, 0) is 49.4 Å². The van der Waals surface area contributed by atoms with Crippen LogP contribution in [0, 0.1) is 0 Å². The van der Waals surface area contributed by atoms with Gasteiger partial charge in [0.15, 0.2) is 0 Å². The Balaban J connectivity index is 1.45. The molecule has 2 fully saturated rings. The van der Waals surface area contributed by atoms with E-state index in [4.69, 9.17) is 0 Å². The average Bonchev–Trinajstić information content (AvgIpc) is 3.49. The highest BCUT2D eigenvalue weighted by atomic mass is 32.1. The minimum atomic E-state index is -0.533. The number of nitrogens with zero attached hydrogens (tertiary/aromatic N) is 2. The fourth-order valence-electron chi connectivity index (χ4n) is 4.25. The summed E-state index contributed by atoms with van der Waals surface area (Å²) < 4.78 is 0. The van der Waals surface area contributed by atoms with Crippen LogP contribution in [-0.2, 0) is 11.2 Å². The molecular weight excluding hydrogens is 370 g/mol. The topological polar surface area (TPSA) is 52.7 Å². The summed E-state index contributed by atoms with van der Waals surface area (Å²) in [6.45, 7) is 3.85. The molecule has 2 unspecified atom stereocenters. The molecular formula is C22H27N3O2S. The van der Waals surface area contributed by atoms with E-state index in [0.29, 0.717) is 17.3 Å². The lowest BCUT2D eigenvalue weighted by molar-refractivity contribution is -0.132. The van der Waals surface area contributed by atoms with Gasteiger partial charge >= 0.3 is 0 Å². The molecule has 5 nitrogen and oxygen atoms in total. The number of rotatable bonds is 6. The molecule has 2 atom stereocenters. The van der Waals surface area contributed by atoms with Crippen molar-refractivity contribution in [1.82, 2.24) is 15.1 Å². The van der Waals surface area contributed by atoms with Crippen LogP contribution in [0.2, 0.25) is 0 Å². The second kappa shape index (κ2) is 8.88. The zero-order chi connectivity index (χ0) is 19.3. The fraction of sp³-hybridized carbons (Fsp3) is 0.455. The standard InChI is InChI=1S/C22H27N3O2S/c26-21(20-9-6-14-28-20)23-19(15-17-7-2-1-3-8-17)22(27)25-13-10-18(16-25)24-11-4-5-12-24/h1-3,6-9,14,18-19H,4-5,10-13,15-16H2,(H,23,26). The largest absolute Gasteiger partial charge is 0.339 e. The lowest BCUT2D eigenvalue weighted by atomic mass is 10.0. The van der Waals surface area contributed by atoms with Crippen LogP contribution < -0.4 is 5.32 Å². The van der Waals surface area contributed by atoms with Crippen molar-refractivity contribution in [1.29, 1.82) is 0 Å². The number of amides is 2. The Morgan fingerprint density at radius 3 is 2.57 bits per heavy atom. The Hall–Kier alpha value is -2.18. The van der Waals surface area contributed by atoms with E-state index in [1.807, 2.05) is 46.7 Å². The highest BCUT2D eigenvalue weighted by Gasteiger charge is 2.35. The van der Waals surface area contributed by atoms with Crippen molar-refractivity contribution in [3.8, 4) is 0 Å². The molecule has 2 aliphatic rings. The first kappa shape index (κ1) is 19.2. The van der Waals surface area contributed by atoms with Gasteiger partial charge in [0.25, 0.3) is 5.91 Å². The molecule has 0 saturated carbocycles. The van der Waals surface area contributed by atoms with Crippen LogP contribution in [0.15, 0.2) is 47.8 Å². The summed E-state index contributed by atoms with van der Waals surface area (Å²) in [4.78, 5) is 31.0. The van der Waals surface area contributed by atoms with Gasteiger partial charge in [0.1, 0.15) is 6.04 Å². The van der Waals surface area contributed by atoms with Gasteiger partial charge in [-0.25, -0.2) is 0 Å². The normalized spacial score (nSPS) is 21.0. The molecule has 2 amide bonds. The first-order chi connectivity index (χ1) is 13.7. The van der Waals surface area contributed by atoms with Gasteiger partial charge in [0.2, 0.25) is 5.91 Å². The lowest BCUT2D eigenvalue weighted by Gasteiger charge is -2.26. The molecule has 1 aromatic heterocycles. The number of hydrogen-bond acceptors (Lipinski definition) is 4. The molecule has 2 saturated heterocycles. The van der Waals surface area contributed by atoms with Crippen LogP contribution in [0.4, 0.5) is 0 Å². The summed E-state index contributed by atoms with van der Waals surface area (Å²) in [5.74, 6) is -0.130. The molecule has 1 aromatic carbocycles. The molecule has 28 heavy (non-hydrogen) atoms. The summed E-state index contributed by atoms with van der Waals surface area (Å²) in [6.07, 6.45) is 4.07. The molecule has 4 rings (SSSR count). The Morgan fingerprint density at radius 1 is 1.07 bits per heavy atom. The zero-order valence-electron chi connectivity index (χ0n) is 16.0. The zero-order valence-corrected chi connectivity index (χ0v) is 16.9. The van der Waals surface area contributed by atoms with E-state index in [0.717, 1.165) is 38.2 Å². The second-order valence-corrected chi connectivity index (χ2v) is 8.61. The van der Waals surface area contributed by atoms with Crippen molar-refractivity contribution >= 4 is 23.2 Å². The predicted octanol–water partition coefficient (Wildman–Crippen LogP) is 2.79. The van der Waals surface area contributed by atoms with Crippen molar-refractivity contribution in [3.63, 3.8) is 0 Å². The molecule has 0 aliphatic carbocycles. The van der Waals surface area contributed by atoms with Gasteiger partial charge in [-0.1, -0.05) is 36.4 Å². The van der Waals surface area contributed by atoms with Crippen LogP contribution in [0.25, 0.3) is 0 Å². The number of likely N-dealkylation sites (tertiary alicyclic amines) is 2. The van der Waals surface area contributed by atoms with Gasteiger partial charge in [0.05, 0.1) is 4.88 Å². The van der Waals surface area contributed by atoms with E-state index in [1.54, 1.807) is 6.07 Å². The summed E-state index contributed by atoms with van der Waals surface area (Å²) in [6, 6.07) is 13.5. The highest BCUT2D eigenvalue weighted by Crippen LogP contribution is 2.21. The maximum absolute atomic E-state index is 13.3. The number of benzene rings is 1. The first-order valence-electron chi connectivity index (χ1n) is 10.1. The third-order valence-electron chi connectivity index (χ3n) is 5.76. The molecule has 1 N–H and O–H groups in total.